The van der Waals surface area contributed by atoms with Crippen molar-refractivity contribution in [2.75, 3.05) is 19.0 Å². The zero-order chi connectivity index (χ0) is 8.97. The highest BCUT2D eigenvalue weighted by molar-refractivity contribution is 6.30. The lowest BCUT2D eigenvalue weighted by Crippen LogP contribution is -2.01. The highest BCUT2D eigenvalue weighted by Gasteiger charge is 2.00. The molecule has 0 fully saturated rings. The van der Waals surface area contributed by atoms with Gasteiger partial charge in [-0.3, -0.25) is 0 Å². The molecule has 0 bridgehead atoms. The Balaban J connectivity index is 2.75. The van der Waals surface area contributed by atoms with Gasteiger partial charge in [0.25, 0.3) is 0 Å². The van der Waals surface area contributed by atoms with Gasteiger partial charge in [-0.1, -0.05) is 11.6 Å². The second-order valence-electron chi connectivity index (χ2n) is 2.22. The van der Waals surface area contributed by atoms with E-state index >= 15 is 0 Å². The Morgan fingerprint density at radius 1 is 1.50 bits per heavy atom. The van der Waals surface area contributed by atoms with E-state index in [0.717, 1.165) is 0 Å². The Kier molecular flexibility index (Phi) is 3.17. The number of nitrogens with two attached hydrogens (primary N) is 1. The fourth-order valence-corrected chi connectivity index (χ4v) is 0.944. The van der Waals surface area contributed by atoms with Gasteiger partial charge in [-0.05, 0) is 12.1 Å². The van der Waals surface area contributed by atoms with Crippen LogP contribution in [0.4, 0.5) is 10.1 Å². The molecule has 0 saturated heterocycles. The quantitative estimate of drug-likeness (QED) is 0.741. The molecule has 2 nitrogen and oxygen atoms in total. The van der Waals surface area contributed by atoms with Crippen LogP contribution in [0.1, 0.15) is 0 Å². The van der Waals surface area contributed by atoms with Crippen LogP contribution in [0.25, 0.3) is 0 Å². The highest BCUT2D eigenvalue weighted by Crippen LogP contribution is 2.24. The number of halogens is 2. The maximum atomic E-state index is 11.7. The Morgan fingerprint density at radius 2 is 2.25 bits per heavy atom. The van der Waals surface area contributed by atoms with E-state index in [0.29, 0.717) is 16.5 Å². The molecule has 1 rings (SSSR count). The van der Waals surface area contributed by atoms with Crippen molar-refractivity contribution in [3.63, 3.8) is 0 Å². The Hall–Kier alpha value is -0.960. The number of alkyl halides is 1. The van der Waals surface area contributed by atoms with E-state index in [1.807, 2.05) is 0 Å². The summed E-state index contributed by atoms with van der Waals surface area (Å²) in [6.07, 6.45) is 0. The minimum Gasteiger partial charge on any atom is -0.489 e. The summed E-state index contributed by atoms with van der Waals surface area (Å²) in [5, 5.41) is 0.526. The van der Waals surface area contributed by atoms with Gasteiger partial charge in [0.2, 0.25) is 0 Å². The molecule has 0 aliphatic rings. The summed E-state index contributed by atoms with van der Waals surface area (Å²) >= 11 is 5.67. The van der Waals surface area contributed by atoms with Crippen LogP contribution in [-0.4, -0.2) is 13.3 Å². The molecule has 12 heavy (non-hydrogen) atoms. The number of ether oxygens (including phenoxy) is 1. The van der Waals surface area contributed by atoms with Crippen molar-refractivity contribution in [2.24, 2.45) is 0 Å². The molecule has 0 aromatic heterocycles. The van der Waals surface area contributed by atoms with Gasteiger partial charge < -0.3 is 10.5 Å². The normalized spacial score (nSPS) is 9.83. The molecule has 1 aromatic carbocycles. The van der Waals surface area contributed by atoms with Crippen LogP contribution in [0.2, 0.25) is 5.02 Å². The van der Waals surface area contributed by atoms with Crippen LogP contribution in [0.3, 0.4) is 0 Å². The third kappa shape index (κ3) is 2.27. The van der Waals surface area contributed by atoms with Crippen molar-refractivity contribution in [1.82, 2.24) is 0 Å². The van der Waals surface area contributed by atoms with E-state index in [1.54, 1.807) is 18.2 Å². The second-order valence-corrected chi connectivity index (χ2v) is 2.66. The SMILES string of the molecule is Nc1ccc(Cl)cc1OCCF. The minimum atomic E-state index is -0.536. The number of nitrogen functional groups attached to an aromatic ring is 1. The van der Waals surface area contributed by atoms with Gasteiger partial charge >= 0.3 is 0 Å². The highest BCUT2D eigenvalue weighted by atomic mass is 35.5. The van der Waals surface area contributed by atoms with Crippen LogP contribution >= 0.6 is 11.6 Å². The standard InChI is InChI=1S/C8H9ClFNO/c9-6-1-2-7(11)8(5-6)12-4-3-10/h1-2,5H,3-4,11H2. The summed E-state index contributed by atoms with van der Waals surface area (Å²) in [4.78, 5) is 0. The first-order valence-corrected chi connectivity index (χ1v) is 3.85. The smallest absolute Gasteiger partial charge is 0.143 e. The van der Waals surface area contributed by atoms with Crippen LogP contribution in [0, 0.1) is 0 Å². The van der Waals surface area contributed by atoms with E-state index in [2.05, 4.69) is 0 Å². The van der Waals surface area contributed by atoms with Crippen molar-refractivity contribution < 1.29 is 9.13 Å². The first-order chi connectivity index (χ1) is 5.74. The van der Waals surface area contributed by atoms with E-state index in [1.165, 1.54) is 0 Å². The topological polar surface area (TPSA) is 35.2 Å². The van der Waals surface area contributed by atoms with Crippen molar-refractivity contribution in [3.8, 4) is 5.75 Å². The number of benzene rings is 1. The predicted octanol–water partition coefficient (Wildman–Crippen LogP) is 2.27. The molecular formula is C8H9ClFNO. The summed E-state index contributed by atoms with van der Waals surface area (Å²) in [5.41, 5.74) is 5.99. The molecule has 0 aliphatic heterocycles. The zero-order valence-electron chi connectivity index (χ0n) is 6.39. The van der Waals surface area contributed by atoms with Gasteiger partial charge in [0.15, 0.2) is 0 Å². The Morgan fingerprint density at radius 3 is 2.92 bits per heavy atom. The van der Waals surface area contributed by atoms with Gasteiger partial charge in [0.1, 0.15) is 19.0 Å². The molecule has 4 heteroatoms. The molecule has 0 saturated carbocycles. The van der Waals surface area contributed by atoms with Gasteiger partial charge in [-0.25, -0.2) is 4.39 Å². The maximum absolute atomic E-state index is 11.7. The van der Waals surface area contributed by atoms with Crippen LogP contribution in [0.5, 0.6) is 5.75 Å². The molecule has 66 valence electrons. The van der Waals surface area contributed by atoms with Crippen LogP contribution in [0.15, 0.2) is 18.2 Å². The third-order valence-corrected chi connectivity index (χ3v) is 1.55. The molecule has 0 radical (unpaired) electrons. The lowest BCUT2D eigenvalue weighted by atomic mass is 10.3. The second kappa shape index (κ2) is 4.16. The zero-order valence-corrected chi connectivity index (χ0v) is 7.14. The Labute approximate surface area is 75.1 Å². The van der Waals surface area contributed by atoms with Crippen molar-refractivity contribution in [3.05, 3.63) is 23.2 Å². The maximum Gasteiger partial charge on any atom is 0.143 e. The first-order valence-electron chi connectivity index (χ1n) is 3.48. The summed E-state index contributed by atoms with van der Waals surface area (Å²) in [7, 11) is 0. The van der Waals surface area contributed by atoms with Crippen molar-refractivity contribution in [1.29, 1.82) is 0 Å². The van der Waals surface area contributed by atoms with Gasteiger partial charge in [0, 0.05) is 11.1 Å². The average Bonchev–Trinajstić information content (AvgIpc) is 2.07. The Bertz CT molecular complexity index is 267. The summed E-state index contributed by atoms with van der Waals surface area (Å²) in [6.45, 7) is -0.531. The largest absolute Gasteiger partial charge is 0.489 e. The van der Waals surface area contributed by atoms with E-state index in [4.69, 9.17) is 22.1 Å². The third-order valence-electron chi connectivity index (χ3n) is 1.31. The first kappa shape index (κ1) is 9.13. The molecule has 2 N–H and O–H groups in total. The molecule has 0 spiro atoms. The summed E-state index contributed by atoms with van der Waals surface area (Å²) in [6, 6.07) is 4.83. The fraction of sp³-hybridized carbons (Fsp3) is 0.250. The van der Waals surface area contributed by atoms with E-state index in [9.17, 15) is 4.39 Å². The monoisotopic (exact) mass is 189 g/mol. The molecule has 0 atom stereocenters. The van der Waals surface area contributed by atoms with Gasteiger partial charge in [-0.15, -0.1) is 0 Å². The van der Waals surface area contributed by atoms with E-state index < -0.39 is 6.67 Å². The van der Waals surface area contributed by atoms with Crippen molar-refractivity contribution in [2.45, 2.75) is 0 Å². The summed E-state index contributed by atoms with van der Waals surface area (Å²) < 4.78 is 16.7. The average molecular weight is 190 g/mol. The van der Waals surface area contributed by atoms with Gasteiger partial charge in [0.05, 0.1) is 5.69 Å². The van der Waals surface area contributed by atoms with E-state index in [-0.39, 0.29) is 6.61 Å². The number of anilines is 1. The number of hydrogen-bond donors (Lipinski definition) is 1. The predicted molar refractivity (Wildman–Crippen MR) is 47.3 cm³/mol. The lowest BCUT2D eigenvalue weighted by molar-refractivity contribution is 0.274. The molecular weight excluding hydrogens is 181 g/mol. The molecule has 1 aromatic rings. The number of rotatable bonds is 3. The van der Waals surface area contributed by atoms with Crippen LogP contribution < -0.4 is 10.5 Å². The fourth-order valence-electron chi connectivity index (χ4n) is 0.782. The summed E-state index contributed by atoms with van der Waals surface area (Å²) in [5.74, 6) is 0.431. The minimum absolute atomic E-state index is 0.00451. The van der Waals surface area contributed by atoms with Crippen molar-refractivity contribution >= 4 is 17.3 Å². The molecule has 0 unspecified atom stereocenters. The molecule has 0 amide bonds. The molecule has 0 aliphatic carbocycles. The van der Waals surface area contributed by atoms with Crippen LogP contribution in [-0.2, 0) is 0 Å². The molecule has 0 heterocycles. The lowest BCUT2D eigenvalue weighted by Gasteiger charge is -2.06. The number of hydrogen-bond acceptors (Lipinski definition) is 2. The van der Waals surface area contributed by atoms with Gasteiger partial charge in [-0.2, -0.15) is 0 Å².